The van der Waals surface area contributed by atoms with Gasteiger partial charge in [-0.05, 0) is 25.9 Å². The Morgan fingerprint density at radius 2 is 2.15 bits per heavy atom. The summed E-state index contributed by atoms with van der Waals surface area (Å²) in [5, 5.41) is 9.64. The average molecular weight is 199 g/mol. The lowest BCUT2D eigenvalue weighted by Crippen LogP contribution is -2.18. The van der Waals surface area contributed by atoms with Crippen molar-refractivity contribution < 1.29 is 0 Å². The third kappa shape index (κ3) is 2.15. The van der Waals surface area contributed by atoms with Gasteiger partial charge < -0.3 is 0 Å². The first-order chi connectivity index (χ1) is 6.38. The summed E-state index contributed by atoms with van der Waals surface area (Å²) in [7, 11) is 0. The standard InChI is InChI=1S/C7H13N5S/c8-9-7-11-10-6(13-7)5-12-3-1-2-4-12/h1-5,8H2,(H,9,11). The molecule has 0 atom stereocenters. The maximum atomic E-state index is 5.22. The van der Waals surface area contributed by atoms with Gasteiger partial charge in [0.25, 0.3) is 0 Å². The number of nitrogens with two attached hydrogens (primary N) is 1. The fraction of sp³-hybridized carbons (Fsp3) is 0.714. The highest BCUT2D eigenvalue weighted by atomic mass is 32.1. The van der Waals surface area contributed by atoms with Gasteiger partial charge in [-0.15, -0.1) is 10.2 Å². The van der Waals surface area contributed by atoms with Crippen LogP contribution in [0.1, 0.15) is 17.8 Å². The van der Waals surface area contributed by atoms with Gasteiger partial charge in [0.2, 0.25) is 5.13 Å². The van der Waals surface area contributed by atoms with Gasteiger partial charge in [-0.2, -0.15) is 0 Å². The molecule has 5 nitrogen and oxygen atoms in total. The first kappa shape index (κ1) is 8.86. The molecule has 0 spiro atoms. The van der Waals surface area contributed by atoms with Crippen LogP contribution < -0.4 is 11.3 Å². The first-order valence-corrected chi connectivity index (χ1v) is 5.21. The molecule has 72 valence electrons. The van der Waals surface area contributed by atoms with E-state index in [-0.39, 0.29) is 0 Å². The molecule has 0 bridgehead atoms. The summed E-state index contributed by atoms with van der Waals surface area (Å²) in [6, 6.07) is 0. The Kier molecular flexibility index (Phi) is 2.72. The molecule has 0 radical (unpaired) electrons. The Labute approximate surface area is 80.9 Å². The lowest BCUT2D eigenvalue weighted by Gasteiger charge is -2.10. The van der Waals surface area contributed by atoms with Crippen LogP contribution in [-0.2, 0) is 6.54 Å². The van der Waals surface area contributed by atoms with Crippen molar-refractivity contribution in [2.24, 2.45) is 5.84 Å². The number of aromatic nitrogens is 2. The molecule has 0 unspecified atom stereocenters. The maximum Gasteiger partial charge on any atom is 0.219 e. The number of hydrogen-bond donors (Lipinski definition) is 2. The zero-order valence-electron chi connectivity index (χ0n) is 7.36. The van der Waals surface area contributed by atoms with Crippen molar-refractivity contribution in [1.29, 1.82) is 0 Å². The van der Waals surface area contributed by atoms with Crippen LogP contribution in [0.25, 0.3) is 0 Å². The number of nitrogens with zero attached hydrogens (tertiary/aromatic N) is 3. The molecule has 1 aromatic rings. The molecule has 1 aliphatic heterocycles. The molecule has 1 aliphatic rings. The van der Waals surface area contributed by atoms with Crippen LogP contribution in [0.3, 0.4) is 0 Å². The van der Waals surface area contributed by atoms with Gasteiger partial charge in [0.1, 0.15) is 5.01 Å². The van der Waals surface area contributed by atoms with E-state index in [1.807, 2.05) is 0 Å². The van der Waals surface area contributed by atoms with Crippen molar-refractivity contribution in [1.82, 2.24) is 15.1 Å². The van der Waals surface area contributed by atoms with Gasteiger partial charge in [0.15, 0.2) is 0 Å². The number of rotatable bonds is 3. The minimum absolute atomic E-state index is 0.689. The van der Waals surface area contributed by atoms with E-state index in [1.54, 1.807) is 0 Å². The van der Waals surface area contributed by atoms with Crippen LogP contribution in [0.2, 0.25) is 0 Å². The molecular formula is C7H13N5S. The summed E-state index contributed by atoms with van der Waals surface area (Å²) < 4.78 is 0. The van der Waals surface area contributed by atoms with Crippen LogP contribution in [0.5, 0.6) is 0 Å². The molecule has 13 heavy (non-hydrogen) atoms. The normalized spacial score (nSPS) is 17.9. The predicted molar refractivity (Wildman–Crippen MR) is 52.2 cm³/mol. The molecule has 2 rings (SSSR count). The van der Waals surface area contributed by atoms with Gasteiger partial charge in [0.05, 0.1) is 6.54 Å². The number of likely N-dealkylation sites (tertiary alicyclic amines) is 1. The van der Waals surface area contributed by atoms with E-state index < -0.39 is 0 Å². The van der Waals surface area contributed by atoms with E-state index in [1.165, 1.54) is 37.3 Å². The number of hydrogen-bond acceptors (Lipinski definition) is 6. The van der Waals surface area contributed by atoms with Crippen LogP contribution in [-0.4, -0.2) is 28.2 Å². The highest BCUT2D eigenvalue weighted by Crippen LogP contribution is 2.18. The Hall–Kier alpha value is -0.720. The van der Waals surface area contributed by atoms with Gasteiger partial charge in [-0.25, -0.2) is 5.84 Å². The second-order valence-electron chi connectivity index (χ2n) is 3.13. The Morgan fingerprint density at radius 3 is 2.77 bits per heavy atom. The zero-order valence-corrected chi connectivity index (χ0v) is 8.18. The van der Waals surface area contributed by atoms with Gasteiger partial charge in [0, 0.05) is 0 Å². The zero-order chi connectivity index (χ0) is 9.10. The van der Waals surface area contributed by atoms with Crippen molar-refractivity contribution in [3.8, 4) is 0 Å². The number of hydrazine groups is 1. The summed E-state index contributed by atoms with van der Waals surface area (Å²) in [5.74, 6) is 5.22. The molecule has 1 aromatic heterocycles. The van der Waals surface area contributed by atoms with Crippen LogP contribution in [0.15, 0.2) is 0 Å². The molecule has 6 heteroatoms. The van der Waals surface area contributed by atoms with Crippen molar-refractivity contribution in [3.05, 3.63) is 5.01 Å². The minimum Gasteiger partial charge on any atom is -0.298 e. The molecule has 2 heterocycles. The van der Waals surface area contributed by atoms with Gasteiger partial charge in [-0.3, -0.25) is 10.3 Å². The Bertz CT molecular complexity index is 268. The Balaban J connectivity index is 1.92. The summed E-state index contributed by atoms with van der Waals surface area (Å²) in [4.78, 5) is 2.39. The van der Waals surface area contributed by atoms with E-state index in [0.717, 1.165) is 11.6 Å². The van der Waals surface area contributed by atoms with Crippen molar-refractivity contribution in [3.63, 3.8) is 0 Å². The van der Waals surface area contributed by atoms with E-state index in [4.69, 9.17) is 5.84 Å². The minimum atomic E-state index is 0.689. The maximum absolute atomic E-state index is 5.22. The van der Waals surface area contributed by atoms with Crippen molar-refractivity contribution >= 4 is 16.5 Å². The second-order valence-corrected chi connectivity index (χ2v) is 4.19. The monoisotopic (exact) mass is 199 g/mol. The highest BCUT2D eigenvalue weighted by molar-refractivity contribution is 7.15. The predicted octanol–water partition coefficient (Wildman–Crippen LogP) is 0.419. The summed E-state index contributed by atoms with van der Waals surface area (Å²) in [5.41, 5.74) is 2.50. The fourth-order valence-electron chi connectivity index (χ4n) is 1.51. The quantitative estimate of drug-likeness (QED) is 0.545. The van der Waals surface area contributed by atoms with E-state index in [9.17, 15) is 0 Å². The van der Waals surface area contributed by atoms with Crippen LogP contribution in [0.4, 0.5) is 5.13 Å². The van der Waals surface area contributed by atoms with Crippen molar-refractivity contribution in [2.45, 2.75) is 19.4 Å². The third-order valence-corrected chi connectivity index (χ3v) is 2.99. The molecule has 0 amide bonds. The molecule has 3 N–H and O–H groups in total. The summed E-state index contributed by atoms with van der Waals surface area (Å²) >= 11 is 1.52. The third-order valence-electron chi connectivity index (χ3n) is 2.15. The summed E-state index contributed by atoms with van der Waals surface area (Å²) in [6.07, 6.45) is 2.61. The van der Waals surface area contributed by atoms with Crippen molar-refractivity contribution in [2.75, 3.05) is 18.5 Å². The molecule has 1 saturated heterocycles. The number of nitrogens with one attached hydrogen (secondary N) is 1. The first-order valence-electron chi connectivity index (χ1n) is 4.40. The lowest BCUT2D eigenvalue weighted by molar-refractivity contribution is 0.330. The number of anilines is 1. The van der Waals surface area contributed by atoms with Gasteiger partial charge in [-0.1, -0.05) is 11.3 Å². The highest BCUT2D eigenvalue weighted by Gasteiger charge is 2.13. The van der Waals surface area contributed by atoms with Crippen LogP contribution >= 0.6 is 11.3 Å². The smallest absolute Gasteiger partial charge is 0.219 e. The molecule has 0 aromatic carbocycles. The second kappa shape index (κ2) is 3.99. The van der Waals surface area contributed by atoms with Gasteiger partial charge >= 0.3 is 0 Å². The number of nitrogen functional groups attached to an aromatic ring is 1. The SMILES string of the molecule is NNc1nnc(CN2CCCC2)s1. The largest absolute Gasteiger partial charge is 0.298 e. The molecule has 0 saturated carbocycles. The topological polar surface area (TPSA) is 67.1 Å². The fourth-order valence-corrected chi connectivity index (χ4v) is 2.20. The van der Waals surface area contributed by atoms with E-state index in [2.05, 4.69) is 20.5 Å². The van der Waals surface area contributed by atoms with E-state index >= 15 is 0 Å². The van der Waals surface area contributed by atoms with E-state index in [0.29, 0.717) is 5.13 Å². The van der Waals surface area contributed by atoms with Crippen LogP contribution in [0, 0.1) is 0 Å². The summed E-state index contributed by atoms with van der Waals surface area (Å²) in [6.45, 7) is 3.29. The molecule has 1 fully saturated rings. The molecule has 0 aliphatic carbocycles. The lowest BCUT2D eigenvalue weighted by atomic mass is 10.4. The Morgan fingerprint density at radius 1 is 1.38 bits per heavy atom. The molecular weight excluding hydrogens is 186 g/mol. The average Bonchev–Trinajstić information content (AvgIpc) is 2.76.